The van der Waals surface area contributed by atoms with Gasteiger partial charge in [0.15, 0.2) is 0 Å². The molecule has 0 unspecified atom stereocenters. The van der Waals surface area contributed by atoms with Gasteiger partial charge in [0.1, 0.15) is 11.9 Å². The number of nitrogens with zero attached hydrogens (tertiary/aromatic N) is 4. The van der Waals surface area contributed by atoms with Crippen LogP contribution in [0.4, 0.5) is 0 Å². The first-order valence-corrected chi connectivity index (χ1v) is 9.63. The lowest BCUT2D eigenvalue weighted by atomic mass is 10.0. The lowest BCUT2D eigenvalue weighted by Crippen LogP contribution is -2.37. The smallest absolute Gasteiger partial charge is 0.252 e. The largest absolute Gasteiger partial charge is 0.368 e. The quantitative estimate of drug-likeness (QED) is 0.819. The van der Waals surface area contributed by atoms with Crippen LogP contribution in [0.15, 0.2) is 24.3 Å². The number of carbonyl (C=O) groups excluding carboxylic acids is 1. The van der Waals surface area contributed by atoms with Crippen LogP contribution in [-0.2, 0) is 23.1 Å². The molecule has 2 aromatic rings. The summed E-state index contributed by atoms with van der Waals surface area (Å²) in [6.07, 6.45) is 2.25. The lowest BCUT2D eigenvalue weighted by Gasteiger charge is -2.21. The molecular formula is C20H26N4O2. The van der Waals surface area contributed by atoms with Gasteiger partial charge in [-0.3, -0.25) is 9.69 Å². The summed E-state index contributed by atoms with van der Waals surface area (Å²) in [6.45, 7) is 3.37. The van der Waals surface area contributed by atoms with E-state index in [-0.39, 0.29) is 24.0 Å². The molecule has 6 nitrogen and oxygen atoms in total. The first kappa shape index (κ1) is 16.3. The minimum atomic E-state index is -0.254. The molecule has 3 heterocycles. The number of aromatic nitrogens is 2. The first-order chi connectivity index (χ1) is 12.6. The van der Waals surface area contributed by atoms with Gasteiger partial charge in [-0.25, -0.2) is 4.98 Å². The van der Waals surface area contributed by atoms with Gasteiger partial charge in [-0.15, -0.1) is 0 Å². The van der Waals surface area contributed by atoms with Gasteiger partial charge in [0.05, 0.1) is 30.2 Å². The number of likely N-dealkylation sites (N-methyl/N-ethyl adjacent to an activating group) is 1. The van der Waals surface area contributed by atoms with Crippen LogP contribution in [0, 0.1) is 11.8 Å². The van der Waals surface area contributed by atoms with Crippen molar-refractivity contribution in [2.24, 2.45) is 18.9 Å². The second kappa shape index (κ2) is 6.06. The van der Waals surface area contributed by atoms with E-state index >= 15 is 0 Å². The Morgan fingerprint density at radius 3 is 2.77 bits per heavy atom. The summed E-state index contributed by atoms with van der Waals surface area (Å²) < 4.78 is 8.24. The molecule has 3 atom stereocenters. The molecule has 26 heavy (non-hydrogen) atoms. The van der Waals surface area contributed by atoms with Crippen molar-refractivity contribution < 1.29 is 9.53 Å². The summed E-state index contributed by atoms with van der Waals surface area (Å²) in [6, 6.07) is 8.52. The number of carbonyl (C=O) groups is 1. The van der Waals surface area contributed by atoms with E-state index in [4.69, 9.17) is 9.72 Å². The van der Waals surface area contributed by atoms with Crippen molar-refractivity contribution in [3.05, 3.63) is 30.1 Å². The highest BCUT2D eigenvalue weighted by Gasteiger charge is 2.52. The van der Waals surface area contributed by atoms with Gasteiger partial charge >= 0.3 is 0 Å². The van der Waals surface area contributed by atoms with E-state index in [1.54, 1.807) is 0 Å². The normalized spacial score (nSPS) is 29.1. The van der Waals surface area contributed by atoms with Gasteiger partial charge in [0, 0.05) is 33.1 Å². The zero-order chi connectivity index (χ0) is 17.8. The molecular weight excluding hydrogens is 328 g/mol. The van der Waals surface area contributed by atoms with Crippen molar-refractivity contribution in [1.29, 1.82) is 0 Å². The third-order valence-electron chi connectivity index (χ3n) is 6.34. The standard InChI is InChI=1S/C20H26N4O2/c1-22-16-6-4-3-5-15(16)21-18(22)11-24-9-14-17(10-24)23(2)20(25)19(14)26-12-13-7-8-13/h3-6,13-14,17,19H,7-12H2,1-2H3/t14-,17+,19-/m0/s1. The monoisotopic (exact) mass is 354 g/mol. The number of amides is 1. The van der Waals surface area contributed by atoms with Crippen LogP contribution in [0.2, 0.25) is 0 Å². The van der Waals surface area contributed by atoms with Crippen LogP contribution < -0.4 is 0 Å². The molecule has 2 aliphatic heterocycles. The number of likely N-dealkylation sites (tertiary alicyclic amines) is 2. The molecule has 3 fully saturated rings. The molecule has 1 aliphatic carbocycles. The van der Waals surface area contributed by atoms with Crippen LogP contribution in [0.5, 0.6) is 0 Å². The summed E-state index contributed by atoms with van der Waals surface area (Å²) in [5, 5.41) is 0. The van der Waals surface area contributed by atoms with Gasteiger partial charge in [-0.05, 0) is 30.9 Å². The van der Waals surface area contributed by atoms with Crippen molar-refractivity contribution in [1.82, 2.24) is 19.4 Å². The summed E-state index contributed by atoms with van der Waals surface area (Å²) >= 11 is 0. The maximum absolute atomic E-state index is 12.6. The Morgan fingerprint density at radius 2 is 2.00 bits per heavy atom. The summed E-state index contributed by atoms with van der Waals surface area (Å²) in [5.41, 5.74) is 2.21. The number of rotatable bonds is 5. The Hall–Kier alpha value is -1.92. The number of hydrogen-bond donors (Lipinski definition) is 0. The van der Waals surface area contributed by atoms with E-state index in [1.165, 1.54) is 18.4 Å². The Morgan fingerprint density at radius 1 is 1.19 bits per heavy atom. The number of fused-ring (bicyclic) bond motifs is 2. The molecule has 1 aromatic heterocycles. The molecule has 1 saturated carbocycles. The number of aryl methyl sites for hydroxylation is 1. The number of hydrogen-bond acceptors (Lipinski definition) is 4. The average molecular weight is 354 g/mol. The van der Waals surface area contributed by atoms with E-state index in [0.29, 0.717) is 5.92 Å². The average Bonchev–Trinajstić information content (AvgIpc) is 3.25. The highest BCUT2D eigenvalue weighted by molar-refractivity contribution is 5.84. The Labute approximate surface area is 153 Å². The summed E-state index contributed by atoms with van der Waals surface area (Å²) in [4.78, 5) is 21.7. The van der Waals surface area contributed by atoms with E-state index in [9.17, 15) is 4.79 Å². The molecule has 0 radical (unpaired) electrons. The second-order valence-electron chi connectivity index (χ2n) is 8.15. The number of benzene rings is 1. The summed E-state index contributed by atoms with van der Waals surface area (Å²) in [7, 11) is 4.01. The maximum Gasteiger partial charge on any atom is 0.252 e. The van der Waals surface area contributed by atoms with Gasteiger partial charge in [-0.1, -0.05) is 12.1 Å². The zero-order valence-corrected chi connectivity index (χ0v) is 15.5. The predicted molar refractivity (Wildman–Crippen MR) is 98.5 cm³/mol. The van der Waals surface area contributed by atoms with Gasteiger partial charge in [-0.2, -0.15) is 0 Å². The van der Waals surface area contributed by atoms with Crippen molar-refractivity contribution in [2.75, 3.05) is 26.7 Å². The van der Waals surface area contributed by atoms with E-state index in [2.05, 4.69) is 34.7 Å². The van der Waals surface area contributed by atoms with Gasteiger partial charge in [0.25, 0.3) is 5.91 Å². The predicted octanol–water partition coefficient (Wildman–Crippen LogP) is 1.64. The highest BCUT2D eigenvalue weighted by atomic mass is 16.5. The van der Waals surface area contributed by atoms with E-state index in [0.717, 1.165) is 37.6 Å². The van der Waals surface area contributed by atoms with Gasteiger partial charge < -0.3 is 14.2 Å². The Kier molecular flexibility index (Phi) is 3.79. The van der Waals surface area contributed by atoms with Crippen LogP contribution in [0.25, 0.3) is 11.0 Å². The SMILES string of the molecule is CN1C(=O)[C@@H](OCC2CC2)[C@H]2CN(Cc3nc4ccccc4n3C)C[C@H]21. The zero-order valence-electron chi connectivity index (χ0n) is 15.5. The van der Waals surface area contributed by atoms with Crippen molar-refractivity contribution in [3.63, 3.8) is 0 Å². The van der Waals surface area contributed by atoms with Crippen molar-refractivity contribution in [2.45, 2.75) is 31.5 Å². The molecule has 1 aromatic carbocycles. The molecule has 5 rings (SSSR count). The van der Waals surface area contributed by atoms with E-state index < -0.39 is 0 Å². The van der Waals surface area contributed by atoms with Gasteiger partial charge in [0.2, 0.25) is 0 Å². The minimum Gasteiger partial charge on any atom is -0.368 e. The fourth-order valence-corrected chi connectivity index (χ4v) is 4.53. The Bertz CT molecular complexity index is 843. The summed E-state index contributed by atoms with van der Waals surface area (Å²) in [5.74, 6) is 2.21. The maximum atomic E-state index is 12.6. The third-order valence-corrected chi connectivity index (χ3v) is 6.34. The van der Waals surface area contributed by atoms with Crippen molar-refractivity contribution in [3.8, 4) is 0 Å². The number of para-hydroxylation sites is 2. The Balaban J connectivity index is 1.31. The lowest BCUT2D eigenvalue weighted by molar-refractivity contribution is -0.138. The molecule has 0 bridgehead atoms. The molecule has 3 aliphatic rings. The fourth-order valence-electron chi connectivity index (χ4n) is 4.53. The molecule has 138 valence electrons. The number of imidazole rings is 1. The molecule has 2 saturated heterocycles. The molecule has 1 amide bonds. The first-order valence-electron chi connectivity index (χ1n) is 9.63. The van der Waals surface area contributed by atoms with Crippen molar-refractivity contribution >= 4 is 16.9 Å². The second-order valence-corrected chi connectivity index (χ2v) is 8.15. The van der Waals surface area contributed by atoms with E-state index in [1.807, 2.05) is 18.0 Å². The van der Waals surface area contributed by atoms with Crippen LogP contribution in [0.1, 0.15) is 18.7 Å². The number of ether oxygens (including phenoxy) is 1. The van der Waals surface area contributed by atoms with Crippen LogP contribution in [0.3, 0.4) is 0 Å². The third kappa shape index (κ3) is 2.63. The fraction of sp³-hybridized carbons (Fsp3) is 0.600. The topological polar surface area (TPSA) is 50.6 Å². The van der Waals surface area contributed by atoms with Crippen LogP contribution in [-0.4, -0.2) is 64.1 Å². The van der Waals surface area contributed by atoms with Crippen LogP contribution >= 0.6 is 0 Å². The molecule has 0 spiro atoms. The molecule has 0 N–H and O–H groups in total. The molecule has 6 heteroatoms. The minimum absolute atomic E-state index is 0.169. The highest BCUT2D eigenvalue weighted by Crippen LogP contribution is 2.36.